The van der Waals surface area contributed by atoms with Crippen LogP contribution < -0.4 is 16.2 Å². The van der Waals surface area contributed by atoms with Crippen molar-refractivity contribution < 1.29 is 0 Å². The minimum absolute atomic E-state index is 0.00116. The minimum Gasteiger partial charge on any atom is -0.338 e. The number of pyridine rings is 1. The van der Waals surface area contributed by atoms with Crippen molar-refractivity contribution in [1.82, 2.24) is 20.1 Å². The average Bonchev–Trinajstić information content (AvgIpc) is 3.39. The molecular formula is C26H30N6O. The van der Waals surface area contributed by atoms with Gasteiger partial charge < -0.3 is 15.6 Å². The number of H-pyrrole nitrogens is 1. The van der Waals surface area contributed by atoms with Crippen molar-refractivity contribution in [3.63, 3.8) is 0 Å². The number of hydrogen-bond acceptors (Lipinski definition) is 5. The summed E-state index contributed by atoms with van der Waals surface area (Å²) in [6.07, 6.45) is 10.7. The number of piperidine rings is 1. The van der Waals surface area contributed by atoms with Crippen molar-refractivity contribution in [3.8, 4) is 6.07 Å². The summed E-state index contributed by atoms with van der Waals surface area (Å²) in [6.45, 7) is 0. The van der Waals surface area contributed by atoms with Gasteiger partial charge in [-0.3, -0.25) is 9.48 Å². The van der Waals surface area contributed by atoms with E-state index in [4.69, 9.17) is 5.10 Å². The van der Waals surface area contributed by atoms with Crippen molar-refractivity contribution in [1.29, 1.82) is 5.26 Å². The molecule has 2 unspecified atom stereocenters. The van der Waals surface area contributed by atoms with Crippen LogP contribution in [0, 0.1) is 17.2 Å². The molecule has 1 saturated carbocycles. The highest BCUT2D eigenvalue weighted by Gasteiger charge is 2.34. The highest BCUT2D eigenvalue weighted by atomic mass is 16.1. The first-order chi connectivity index (χ1) is 16.2. The van der Waals surface area contributed by atoms with Gasteiger partial charge >= 0.3 is 0 Å². The standard InChI is InChI=1S/C26H30N6O/c27-15-17-3-1-2-4-22(17)32-23-11-12-28-26(33)24(23)25(31-32)30-19-7-5-16(6-8-19)18-13-20-9-10-21(14-18)29-20/h5-8,11-12,17-18,20-22,29H,1-4,9-10,13-14H2,(H,28,33)(H,30,31)/t17-,18?,20?,21?,22+/m1/s1. The number of hydrogen-bond donors (Lipinski definition) is 3. The lowest BCUT2D eigenvalue weighted by Crippen LogP contribution is -2.37. The molecule has 2 saturated heterocycles. The summed E-state index contributed by atoms with van der Waals surface area (Å²) in [7, 11) is 0. The molecule has 1 aliphatic carbocycles. The third kappa shape index (κ3) is 3.72. The Morgan fingerprint density at radius 1 is 1.03 bits per heavy atom. The maximum Gasteiger partial charge on any atom is 0.261 e. The van der Waals surface area contributed by atoms with Gasteiger partial charge in [-0.05, 0) is 68.2 Å². The first-order valence-corrected chi connectivity index (χ1v) is 12.3. The molecular weight excluding hydrogens is 412 g/mol. The largest absolute Gasteiger partial charge is 0.338 e. The van der Waals surface area contributed by atoms with Crippen LogP contribution in [-0.2, 0) is 0 Å². The normalized spacial score (nSPS) is 29.1. The van der Waals surface area contributed by atoms with E-state index < -0.39 is 0 Å². The Morgan fingerprint density at radius 3 is 2.55 bits per heavy atom. The number of nitrogens with one attached hydrogen (secondary N) is 3. The Bertz CT molecular complexity index is 1240. The molecule has 0 amide bonds. The molecule has 170 valence electrons. The van der Waals surface area contributed by atoms with Crippen LogP contribution in [0.25, 0.3) is 10.9 Å². The van der Waals surface area contributed by atoms with Crippen LogP contribution in [0.15, 0.2) is 41.3 Å². The highest BCUT2D eigenvalue weighted by molar-refractivity contribution is 5.91. The second-order valence-corrected chi connectivity index (χ2v) is 10.0. The predicted molar refractivity (Wildman–Crippen MR) is 129 cm³/mol. The molecule has 2 aliphatic heterocycles. The van der Waals surface area contributed by atoms with Gasteiger partial charge in [0.05, 0.1) is 23.5 Å². The number of benzene rings is 1. The van der Waals surface area contributed by atoms with E-state index in [-0.39, 0.29) is 17.5 Å². The van der Waals surface area contributed by atoms with Crippen molar-refractivity contribution in [2.75, 3.05) is 5.32 Å². The SMILES string of the molecule is N#C[C@H]1CCCC[C@@H]1n1nc(Nc2ccc(C3CC4CCC(C3)N4)cc2)c2c(=O)[nH]ccc21. The zero-order valence-electron chi connectivity index (χ0n) is 18.8. The quantitative estimate of drug-likeness (QED) is 0.543. The number of aromatic amines is 1. The van der Waals surface area contributed by atoms with Crippen LogP contribution in [0.5, 0.6) is 0 Å². The summed E-state index contributed by atoms with van der Waals surface area (Å²) >= 11 is 0. The minimum atomic E-state index is -0.160. The molecule has 3 fully saturated rings. The number of nitrogens with zero attached hydrogens (tertiary/aromatic N) is 3. The molecule has 7 nitrogen and oxygen atoms in total. The fraction of sp³-hybridized carbons (Fsp3) is 0.500. The van der Waals surface area contributed by atoms with Gasteiger partial charge in [0.2, 0.25) is 0 Å². The van der Waals surface area contributed by atoms with E-state index in [9.17, 15) is 10.1 Å². The Hall–Kier alpha value is -3.11. The second kappa shape index (κ2) is 8.35. The van der Waals surface area contributed by atoms with E-state index in [2.05, 4.69) is 46.0 Å². The van der Waals surface area contributed by atoms with Gasteiger partial charge in [0.1, 0.15) is 5.39 Å². The number of anilines is 2. The summed E-state index contributed by atoms with van der Waals surface area (Å²) in [5.41, 5.74) is 2.94. The van der Waals surface area contributed by atoms with Crippen LogP contribution in [0.3, 0.4) is 0 Å². The van der Waals surface area contributed by atoms with E-state index in [0.717, 1.165) is 36.9 Å². The fourth-order valence-corrected chi connectivity index (χ4v) is 6.30. The van der Waals surface area contributed by atoms with Gasteiger partial charge in [-0.1, -0.05) is 25.0 Å². The molecule has 1 aromatic carbocycles. The molecule has 4 atom stereocenters. The first kappa shape index (κ1) is 20.5. The molecule has 3 N–H and O–H groups in total. The topological polar surface area (TPSA) is 98.5 Å². The zero-order chi connectivity index (χ0) is 22.4. The summed E-state index contributed by atoms with van der Waals surface area (Å²) in [6, 6.07) is 14.3. The van der Waals surface area contributed by atoms with Crippen LogP contribution in [-0.4, -0.2) is 26.8 Å². The van der Waals surface area contributed by atoms with Gasteiger partial charge in [0.25, 0.3) is 5.56 Å². The smallest absolute Gasteiger partial charge is 0.261 e. The molecule has 4 heterocycles. The lowest BCUT2D eigenvalue weighted by molar-refractivity contribution is 0.277. The Morgan fingerprint density at radius 2 is 1.79 bits per heavy atom. The van der Waals surface area contributed by atoms with Gasteiger partial charge in [0, 0.05) is 24.0 Å². The van der Waals surface area contributed by atoms with Crippen molar-refractivity contribution in [3.05, 3.63) is 52.4 Å². The van der Waals surface area contributed by atoms with Crippen molar-refractivity contribution >= 4 is 22.4 Å². The van der Waals surface area contributed by atoms with E-state index >= 15 is 0 Å². The molecule has 0 spiro atoms. The van der Waals surface area contributed by atoms with E-state index in [0.29, 0.717) is 29.2 Å². The molecule has 2 bridgehead atoms. The highest BCUT2D eigenvalue weighted by Crippen LogP contribution is 2.38. The fourth-order valence-electron chi connectivity index (χ4n) is 6.30. The van der Waals surface area contributed by atoms with Crippen molar-refractivity contribution in [2.45, 2.75) is 75.4 Å². The van der Waals surface area contributed by atoms with E-state index in [1.807, 2.05) is 10.7 Å². The molecule has 2 aromatic heterocycles. The lowest BCUT2D eigenvalue weighted by atomic mass is 9.85. The average molecular weight is 443 g/mol. The molecule has 3 aliphatic rings. The molecule has 3 aromatic rings. The van der Waals surface area contributed by atoms with E-state index in [1.165, 1.54) is 31.2 Å². The van der Waals surface area contributed by atoms with Crippen LogP contribution in [0.2, 0.25) is 0 Å². The summed E-state index contributed by atoms with van der Waals surface area (Å²) < 4.78 is 1.92. The number of aromatic nitrogens is 3. The van der Waals surface area contributed by atoms with Crippen LogP contribution in [0.1, 0.15) is 68.9 Å². The number of nitriles is 1. The maximum absolute atomic E-state index is 12.7. The predicted octanol–water partition coefficient (Wildman–Crippen LogP) is 4.72. The third-order valence-corrected chi connectivity index (χ3v) is 7.96. The first-order valence-electron chi connectivity index (χ1n) is 12.3. The Balaban J connectivity index is 1.30. The second-order valence-electron chi connectivity index (χ2n) is 10.0. The molecule has 0 radical (unpaired) electrons. The monoisotopic (exact) mass is 442 g/mol. The molecule has 33 heavy (non-hydrogen) atoms. The third-order valence-electron chi connectivity index (χ3n) is 7.96. The van der Waals surface area contributed by atoms with Gasteiger partial charge in [0.15, 0.2) is 5.82 Å². The summed E-state index contributed by atoms with van der Waals surface area (Å²) in [5, 5.41) is 22.2. The maximum atomic E-state index is 12.7. The Labute approximate surface area is 193 Å². The van der Waals surface area contributed by atoms with E-state index in [1.54, 1.807) is 6.20 Å². The van der Waals surface area contributed by atoms with Gasteiger partial charge in [-0.15, -0.1) is 0 Å². The van der Waals surface area contributed by atoms with Crippen molar-refractivity contribution in [2.24, 2.45) is 5.92 Å². The molecule has 7 heteroatoms. The molecule has 6 rings (SSSR count). The number of rotatable bonds is 4. The summed E-state index contributed by atoms with van der Waals surface area (Å²) in [4.78, 5) is 15.5. The van der Waals surface area contributed by atoms with Crippen LogP contribution in [0.4, 0.5) is 11.5 Å². The van der Waals surface area contributed by atoms with Gasteiger partial charge in [-0.2, -0.15) is 10.4 Å². The van der Waals surface area contributed by atoms with Gasteiger partial charge in [-0.25, -0.2) is 0 Å². The number of fused-ring (bicyclic) bond motifs is 3. The van der Waals surface area contributed by atoms with Crippen LogP contribution >= 0.6 is 0 Å². The zero-order valence-corrected chi connectivity index (χ0v) is 18.8. The Kier molecular flexibility index (Phi) is 5.18. The lowest BCUT2D eigenvalue weighted by Gasteiger charge is -2.29. The summed E-state index contributed by atoms with van der Waals surface area (Å²) in [5.74, 6) is 1.10.